The van der Waals surface area contributed by atoms with Crippen molar-refractivity contribution in [1.82, 2.24) is 5.32 Å². The van der Waals surface area contributed by atoms with Crippen LogP contribution in [0.3, 0.4) is 0 Å². The van der Waals surface area contributed by atoms with Crippen LogP contribution in [-0.4, -0.2) is 25.2 Å². The summed E-state index contributed by atoms with van der Waals surface area (Å²) in [5.41, 5.74) is 0. The molecular weight excluding hydrogens is 156 g/mol. The highest BCUT2D eigenvalue weighted by Gasteiger charge is 2.01. The van der Waals surface area contributed by atoms with Gasteiger partial charge in [0.15, 0.2) is 0 Å². The molecule has 4 nitrogen and oxygen atoms in total. The molecule has 1 amide bonds. The zero-order valence-electron chi connectivity index (χ0n) is 7.46. The molecule has 0 aromatic rings. The quantitative estimate of drug-likeness (QED) is 0.609. The van der Waals surface area contributed by atoms with Crippen LogP contribution in [0.1, 0.15) is 20.3 Å². The normalized spacial score (nSPS) is 9.50. The summed E-state index contributed by atoms with van der Waals surface area (Å²) in [6.07, 6.45) is 0.402. The molecule has 0 bridgehead atoms. The van der Waals surface area contributed by atoms with Gasteiger partial charge in [0, 0.05) is 6.54 Å². The molecule has 0 aromatic heterocycles. The van der Waals surface area contributed by atoms with Gasteiger partial charge in [-0.3, -0.25) is 4.79 Å². The van der Waals surface area contributed by atoms with Crippen LogP contribution < -0.4 is 5.32 Å². The molecule has 0 saturated carbocycles. The lowest BCUT2D eigenvalue weighted by molar-refractivity contribution is -0.127. The van der Waals surface area contributed by atoms with E-state index in [2.05, 4.69) is 5.32 Å². The number of carbonyl (C=O) groups excluding carboxylic acids is 1. The number of ether oxygens (including phenoxy) is 1. The van der Waals surface area contributed by atoms with Crippen molar-refractivity contribution in [2.45, 2.75) is 26.4 Å². The van der Waals surface area contributed by atoms with Crippen molar-refractivity contribution in [3.8, 4) is 6.07 Å². The molecule has 0 aliphatic carbocycles. The number of nitriles is 1. The third-order valence-electron chi connectivity index (χ3n) is 1.11. The number of rotatable bonds is 5. The molecule has 0 aliphatic heterocycles. The van der Waals surface area contributed by atoms with Crippen LogP contribution in [0.2, 0.25) is 0 Å². The first-order chi connectivity index (χ1) is 5.66. The van der Waals surface area contributed by atoms with Crippen molar-refractivity contribution in [1.29, 1.82) is 5.26 Å². The summed E-state index contributed by atoms with van der Waals surface area (Å²) < 4.78 is 5.04. The second kappa shape index (κ2) is 6.62. The first-order valence-corrected chi connectivity index (χ1v) is 3.92. The Morgan fingerprint density at radius 2 is 2.33 bits per heavy atom. The molecule has 0 atom stereocenters. The number of nitrogens with zero attached hydrogens (tertiary/aromatic N) is 1. The summed E-state index contributed by atoms with van der Waals surface area (Å²) in [5.74, 6) is -0.168. The summed E-state index contributed by atoms with van der Waals surface area (Å²) in [7, 11) is 0. The van der Waals surface area contributed by atoms with Gasteiger partial charge in [-0.15, -0.1) is 0 Å². The molecule has 0 spiro atoms. The summed E-state index contributed by atoms with van der Waals surface area (Å²) in [6.45, 7) is 4.20. The van der Waals surface area contributed by atoms with E-state index in [9.17, 15) is 4.79 Å². The van der Waals surface area contributed by atoms with Gasteiger partial charge in [0.05, 0.1) is 18.6 Å². The lowest BCUT2D eigenvalue weighted by Gasteiger charge is -2.06. The fraction of sp³-hybridized carbons (Fsp3) is 0.750. The SMILES string of the molecule is CC(C)OCC(=O)NCCC#N. The van der Waals surface area contributed by atoms with E-state index in [0.29, 0.717) is 13.0 Å². The summed E-state index contributed by atoms with van der Waals surface area (Å²) in [5, 5.41) is 10.7. The van der Waals surface area contributed by atoms with E-state index in [0.717, 1.165) is 0 Å². The van der Waals surface area contributed by atoms with Crippen molar-refractivity contribution in [2.75, 3.05) is 13.2 Å². The Hall–Kier alpha value is -1.08. The molecule has 12 heavy (non-hydrogen) atoms. The van der Waals surface area contributed by atoms with E-state index in [4.69, 9.17) is 10.00 Å². The van der Waals surface area contributed by atoms with Crippen LogP contribution in [0.5, 0.6) is 0 Å². The van der Waals surface area contributed by atoms with Crippen molar-refractivity contribution in [3.63, 3.8) is 0 Å². The van der Waals surface area contributed by atoms with Gasteiger partial charge in [-0.25, -0.2) is 0 Å². The van der Waals surface area contributed by atoms with Gasteiger partial charge in [0.25, 0.3) is 0 Å². The monoisotopic (exact) mass is 170 g/mol. The minimum atomic E-state index is -0.168. The molecule has 0 unspecified atom stereocenters. The third-order valence-corrected chi connectivity index (χ3v) is 1.11. The lowest BCUT2D eigenvalue weighted by atomic mass is 10.4. The molecular formula is C8H14N2O2. The van der Waals surface area contributed by atoms with Gasteiger partial charge in [-0.1, -0.05) is 0 Å². The smallest absolute Gasteiger partial charge is 0.246 e. The van der Waals surface area contributed by atoms with E-state index in [1.54, 1.807) is 0 Å². The molecule has 0 heterocycles. The third kappa shape index (κ3) is 7.03. The van der Waals surface area contributed by atoms with E-state index in [1.165, 1.54) is 0 Å². The molecule has 0 aliphatic rings. The number of hydrogen-bond donors (Lipinski definition) is 1. The Morgan fingerprint density at radius 3 is 2.83 bits per heavy atom. The predicted molar refractivity (Wildman–Crippen MR) is 44.3 cm³/mol. The van der Waals surface area contributed by atoms with Gasteiger partial charge < -0.3 is 10.1 Å². The summed E-state index contributed by atoms with van der Waals surface area (Å²) in [4.78, 5) is 10.9. The Kier molecular flexibility index (Phi) is 6.02. The summed E-state index contributed by atoms with van der Waals surface area (Å²) in [6, 6.07) is 1.93. The van der Waals surface area contributed by atoms with E-state index >= 15 is 0 Å². The number of amides is 1. The molecule has 0 radical (unpaired) electrons. The molecule has 0 saturated heterocycles. The van der Waals surface area contributed by atoms with Gasteiger partial charge >= 0.3 is 0 Å². The van der Waals surface area contributed by atoms with Gasteiger partial charge in [-0.05, 0) is 13.8 Å². The highest BCUT2D eigenvalue weighted by Crippen LogP contribution is 1.86. The second-order valence-electron chi connectivity index (χ2n) is 2.62. The predicted octanol–water partition coefficient (Wildman–Crippen LogP) is 0.441. The average molecular weight is 170 g/mol. The Bertz CT molecular complexity index is 172. The van der Waals surface area contributed by atoms with Crippen LogP contribution in [0, 0.1) is 11.3 Å². The maximum Gasteiger partial charge on any atom is 0.246 e. The lowest BCUT2D eigenvalue weighted by Crippen LogP contribution is -2.29. The first kappa shape index (κ1) is 10.9. The fourth-order valence-electron chi connectivity index (χ4n) is 0.551. The fourth-order valence-corrected chi connectivity index (χ4v) is 0.551. The maximum absolute atomic E-state index is 10.9. The molecule has 0 rings (SSSR count). The van der Waals surface area contributed by atoms with Crippen LogP contribution in [-0.2, 0) is 9.53 Å². The minimum Gasteiger partial charge on any atom is -0.369 e. The van der Waals surface area contributed by atoms with Gasteiger partial charge in [-0.2, -0.15) is 5.26 Å². The molecule has 68 valence electrons. The standard InChI is InChI=1S/C8H14N2O2/c1-7(2)12-6-8(11)10-5-3-4-9/h7H,3,5-6H2,1-2H3,(H,10,11). The maximum atomic E-state index is 10.9. The number of nitrogens with one attached hydrogen (secondary N) is 1. The Morgan fingerprint density at radius 1 is 1.67 bits per heavy atom. The van der Waals surface area contributed by atoms with E-state index in [-0.39, 0.29) is 18.6 Å². The van der Waals surface area contributed by atoms with Crippen molar-refractivity contribution in [3.05, 3.63) is 0 Å². The summed E-state index contributed by atoms with van der Waals surface area (Å²) >= 11 is 0. The van der Waals surface area contributed by atoms with Crippen molar-refractivity contribution in [2.24, 2.45) is 0 Å². The average Bonchev–Trinajstić information content (AvgIpc) is 2.01. The molecule has 1 N–H and O–H groups in total. The highest BCUT2D eigenvalue weighted by atomic mass is 16.5. The Balaban J connectivity index is 3.29. The zero-order chi connectivity index (χ0) is 9.40. The second-order valence-corrected chi connectivity index (χ2v) is 2.62. The largest absolute Gasteiger partial charge is 0.369 e. The number of hydrogen-bond acceptors (Lipinski definition) is 3. The molecule has 4 heteroatoms. The van der Waals surface area contributed by atoms with Crippen molar-refractivity contribution >= 4 is 5.91 Å². The minimum absolute atomic E-state index is 0.0618. The van der Waals surface area contributed by atoms with Crippen LogP contribution in [0.25, 0.3) is 0 Å². The van der Waals surface area contributed by atoms with E-state index < -0.39 is 0 Å². The topological polar surface area (TPSA) is 62.1 Å². The van der Waals surface area contributed by atoms with Crippen LogP contribution in [0.15, 0.2) is 0 Å². The van der Waals surface area contributed by atoms with Crippen molar-refractivity contribution < 1.29 is 9.53 Å². The zero-order valence-corrected chi connectivity index (χ0v) is 7.46. The van der Waals surface area contributed by atoms with Gasteiger partial charge in [0.1, 0.15) is 6.61 Å². The highest BCUT2D eigenvalue weighted by molar-refractivity contribution is 5.77. The van der Waals surface area contributed by atoms with Crippen LogP contribution in [0.4, 0.5) is 0 Å². The number of carbonyl (C=O) groups is 1. The van der Waals surface area contributed by atoms with E-state index in [1.807, 2.05) is 19.9 Å². The van der Waals surface area contributed by atoms with Crippen LogP contribution >= 0.6 is 0 Å². The first-order valence-electron chi connectivity index (χ1n) is 3.92. The Labute approximate surface area is 72.5 Å². The molecule has 0 aromatic carbocycles. The molecule has 0 fully saturated rings. The van der Waals surface area contributed by atoms with Gasteiger partial charge in [0.2, 0.25) is 5.91 Å².